The van der Waals surface area contributed by atoms with Crippen LogP contribution in [0, 0.1) is 5.92 Å². The third-order valence-electron chi connectivity index (χ3n) is 8.15. The number of fused-ring (bicyclic) bond motifs is 1. The van der Waals surface area contributed by atoms with E-state index in [-0.39, 0.29) is 48.9 Å². The highest BCUT2D eigenvalue weighted by Crippen LogP contribution is 2.27. The molecule has 1 aromatic rings. The molecule has 0 spiro atoms. The van der Waals surface area contributed by atoms with Gasteiger partial charge in [0.15, 0.2) is 0 Å². The molecule has 208 valence electrons. The molecule has 1 aliphatic heterocycles. The van der Waals surface area contributed by atoms with Crippen molar-refractivity contribution in [1.82, 2.24) is 14.8 Å². The number of ether oxygens (including phenoxy) is 1. The normalized spacial score (nSPS) is 19.1. The smallest absolute Gasteiger partial charge is 0.331 e. The molecule has 0 bridgehead atoms. The summed E-state index contributed by atoms with van der Waals surface area (Å²) in [7, 11) is 0. The highest BCUT2D eigenvalue weighted by Gasteiger charge is 2.34. The number of imide groups is 1. The van der Waals surface area contributed by atoms with Gasteiger partial charge in [-0.25, -0.2) is 4.79 Å². The molecule has 9 heteroatoms. The van der Waals surface area contributed by atoms with Crippen LogP contribution in [0.4, 0.5) is 0 Å². The summed E-state index contributed by atoms with van der Waals surface area (Å²) >= 11 is 0. The summed E-state index contributed by atoms with van der Waals surface area (Å²) in [4.78, 5) is 64.5. The zero-order valence-electron chi connectivity index (χ0n) is 22.8. The maximum Gasteiger partial charge on any atom is 0.331 e. The number of amides is 3. The fourth-order valence-electron chi connectivity index (χ4n) is 5.90. The molecular weight excluding hydrogens is 486 g/mol. The molecule has 1 saturated carbocycles. The fraction of sp³-hybridized carbons (Fsp3) is 0.690. The molecule has 2 fully saturated rings. The predicted octanol–water partition coefficient (Wildman–Crippen LogP) is 3.29. The van der Waals surface area contributed by atoms with E-state index in [1.165, 1.54) is 33.1 Å². The zero-order chi connectivity index (χ0) is 27.3. The third kappa shape index (κ3) is 6.53. The number of hydrogen-bond acceptors (Lipinski definition) is 6. The van der Waals surface area contributed by atoms with Gasteiger partial charge in [-0.05, 0) is 69.9 Å². The van der Waals surface area contributed by atoms with E-state index < -0.39 is 17.4 Å². The van der Waals surface area contributed by atoms with Crippen molar-refractivity contribution in [2.24, 2.45) is 5.92 Å². The van der Waals surface area contributed by atoms with Crippen LogP contribution in [0.1, 0.15) is 106 Å². The van der Waals surface area contributed by atoms with Gasteiger partial charge in [0, 0.05) is 25.1 Å². The first kappa shape index (κ1) is 28.0. The Balaban J connectivity index is 1.50. The first-order chi connectivity index (χ1) is 18.2. The van der Waals surface area contributed by atoms with Crippen molar-refractivity contribution < 1.29 is 23.9 Å². The number of pyridine rings is 1. The second-order valence-corrected chi connectivity index (χ2v) is 11.5. The van der Waals surface area contributed by atoms with Gasteiger partial charge in [-0.3, -0.25) is 24.1 Å². The summed E-state index contributed by atoms with van der Waals surface area (Å²) < 4.78 is 7.16. The topological polar surface area (TPSA) is 115 Å². The Morgan fingerprint density at radius 3 is 2.24 bits per heavy atom. The lowest BCUT2D eigenvalue weighted by atomic mass is 9.88. The number of rotatable bonds is 8. The molecule has 4 rings (SSSR count). The summed E-state index contributed by atoms with van der Waals surface area (Å²) in [6.07, 6.45) is 12.2. The minimum atomic E-state index is -1.40. The number of carbonyl (C=O) groups is 4. The lowest BCUT2D eigenvalue weighted by Crippen LogP contribution is -2.52. The van der Waals surface area contributed by atoms with Gasteiger partial charge in [0.2, 0.25) is 11.8 Å². The first-order valence-corrected chi connectivity index (χ1v) is 14.3. The summed E-state index contributed by atoms with van der Waals surface area (Å²) in [6, 6.07) is 1.74. The van der Waals surface area contributed by atoms with Gasteiger partial charge in [-0.1, -0.05) is 32.1 Å². The Hall–Kier alpha value is -2.97. The van der Waals surface area contributed by atoms with Gasteiger partial charge in [-0.15, -0.1) is 0 Å². The Labute approximate surface area is 224 Å². The first-order valence-electron chi connectivity index (χ1n) is 14.3. The molecule has 1 N–H and O–H groups in total. The van der Waals surface area contributed by atoms with E-state index in [4.69, 9.17) is 4.74 Å². The maximum atomic E-state index is 13.7. The zero-order valence-corrected chi connectivity index (χ0v) is 22.8. The third-order valence-corrected chi connectivity index (χ3v) is 8.15. The van der Waals surface area contributed by atoms with Crippen molar-refractivity contribution in [2.45, 2.75) is 109 Å². The predicted molar refractivity (Wildman–Crippen MR) is 142 cm³/mol. The number of carbonyl (C=O) groups excluding carboxylic acids is 4. The Bertz CT molecular complexity index is 1120. The minimum Gasteiger partial charge on any atom is -0.462 e. The van der Waals surface area contributed by atoms with Crippen molar-refractivity contribution in [2.75, 3.05) is 13.2 Å². The highest BCUT2D eigenvalue weighted by atomic mass is 16.5. The summed E-state index contributed by atoms with van der Waals surface area (Å²) in [5.74, 6) is -1.40. The quantitative estimate of drug-likeness (QED) is 0.410. The molecule has 0 unspecified atom stereocenters. The standard InChI is InChI=1S/C29H41N3O6/c1-29(2,28(37)38-17-16-31-24(33)14-15-25(31)34)30-26(35)22-18-21-12-8-3-4-9-13-23(21)32(27(22)36)19-20-10-6-5-7-11-20/h18,20H,3-17,19H2,1-2H3,(H,30,35). The average molecular weight is 528 g/mol. The molecule has 9 nitrogen and oxygen atoms in total. The number of nitrogens with one attached hydrogen (secondary N) is 1. The monoisotopic (exact) mass is 527 g/mol. The second-order valence-electron chi connectivity index (χ2n) is 11.5. The van der Waals surface area contributed by atoms with Crippen LogP contribution in [0.25, 0.3) is 0 Å². The lowest BCUT2D eigenvalue weighted by Gasteiger charge is -2.28. The number of likely N-dealkylation sites (tertiary alicyclic amines) is 1. The Morgan fingerprint density at radius 1 is 0.921 bits per heavy atom. The van der Waals surface area contributed by atoms with Crippen LogP contribution in [0.3, 0.4) is 0 Å². The van der Waals surface area contributed by atoms with E-state index in [0.717, 1.165) is 67.5 Å². The molecular formula is C29H41N3O6. The number of aromatic nitrogens is 1. The summed E-state index contributed by atoms with van der Waals surface area (Å²) in [5, 5.41) is 2.70. The molecule has 3 amide bonds. The molecule has 1 saturated heterocycles. The van der Waals surface area contributed by atoms with Gasteiger partial charge in [0.25, 0.3) is 11.5 Å². The van der Waals surface area contributed by atoms with Crippen molar-refractivity contribution >= 4 is 23.7 Å². The molecule has 0 atom stereocenters. The van der Waals surface area contributed by atoms with Crippen LogP contribution in [-0.2, 0) is 38.5 Å². The van der Waals surface area contributed by atoms with Gasteiger partial charge >= 0.3 is 5.97 Å². The average Bonchev–Trinajstić information content (AvgIpc) is 3.19. The van der Waals surface area contributed by atoms with Crippen molar-refractivity contribution in [3.63, 3.8) is 0 Å². The summed E-state index contributed by atoms with van der Waals surface area (Å²) in [6.45, 7) is 3.52. The van der Waals surface area contributed by atoms with E-state index >= 15 is 0 Å². The van der Waals surface area contributed by atoms with Crippen molar-refractivity contribution in [3.8, 4) is 0 Å². The lowest BCUT2D eigenvalue weighted by molar-refractivity contribution is -0.152. The Kier molecular flexibility index (Phi) is 9.05. The van der Waals surface area contributed by atoms with E-state index in [1.54, 1.807) is 6.07 Å². The van der Waals surface area contributed by atoms with Crippen LogP contribution >= 0.6 is 0 Å². The van der Waals surface area contributed by atoms with E-state index in [0.29, 0.717) is 12.5 Å². The largest absolute Gasteiger partial charge is 0.462 e. The molecule has 0 radical (unpaired) electrons. The van der Waals surface area contributed by atoms with Crippen LogP contribution in [-0.4, -0.2) is 51.8 Å². The fourth-order valence-corrected chi connectivity index (χ4v) is 5.90. The molecule has 2 aliphatic carbocycles. The van der Waals surface area contributed by atoms with Gasteiger partial charge in [0.1, 0.15) is 17.7 Å². The summed E-state index contributed by atoms with van der Waals surface area (Å²) in [5.41, 5.74) is 0.505. The second kappa shape index (κ2) is 12.3. The minimum absolute atomic E-state index is 0.00979. The van der Waals surface area contributed by atoms with Gasteiger partial charge < -0.3 is 14.6 Å². The molecule has 0 aromatic carbocycles. The van der Waals surface area contributed by atoms with Crippen LogP contribution in [0.5, 0.6) is 0 Å². The van der Waals surface area contributed by atoms with Crippen molar-refractivity contribution in [3.05, 3.63) is 33.2 Å². The number of nitrogens with zero attached hydrogens (tertiary/aromatic N) is 2. The highest BCUT2D eigenvalue weighted by molar-refractivity contribution is 6.02. The van der Waals surface area contributed by atoms with Gasteiger partial charge in [0.05, 0.1) is 6.54 Å². The van der Waals surface area contributed by atoms with Gasteiger partial charge in [-0.2, -0.15) is 0 Å². The molecule has 3 aliphatic rings. The number of hydrogen-bond donors (Lipinski definition) is 1. The van der Waals surface area contributed by atoms with E-state index in [9.17, 15) is 24.0 Å². The van der Waals surface area contributed by atoms with Crippen LogP contribution in [0.2, 0.25) is 0 Å². The number of esters is 1. The molecule has 1 aromatic heterocycles. The number of aryl methyl sites for hydroxylation is 1. The Morgan fingerprint density at radius 2 is 1.55 bits per heavy atom. The molecule has 38 heavy (non-hydrogen) atoms. The SMILES string of the molecule is CC(C)(NC(=O)c1cc2c(n(CC3CCCCC3)c1=O)CCCCCC2)C(=O)OCCN1C(=O)CCC1=O. The van der Waals surface area contributed by atoms with E-state index in [1.807, 2.05) is 4.57 Å². The van der Waals surface area contributed by atoms with Crippen LogP contribution in [0.15, 0.2) is 10.9 Å². The van der Waals surface area contributed by atoms with Crippen LogP contribution < -0.4 is 10.9 Å². The maximum absolute atomic E-state index is 13.7. The molecule has 2 heterocycles. The van der Waals surface area contributed by atoms with E-state index in [2.05, 4.69) is 5.32 Å². The van der Waals surface area contributed by atoms with Crippen molar-refractivity contribution in [1.29, 1.82) is 0 Å².